The van der Waals surface area contributed by atoms with Gasteiger partial charge in [0.05, 0.1) is 0 Å². The van der Waals surface area contributed by atoms with Gasteiger partial charge in [0.2, 0.25) is 0 Å². The molecule has 3 aliphatic rings. The molecule has 0 saturated carbocycles. The number of nitrogens with one attached hydrogen (secondary N) is 1. The summed E-state index contributed by atoms with van der Waals surface area (Å²) in [6.45, 7) is 0. The first-order valence-electron chi connectivity index (χ1n) is 18.2. The summed E-state index contributed by atoms with van der Waals surface area (Å²) < 4.78 is 6.26. The summed E-state index contributed by atoms with van der Waals surface area (Å²) in [4.78, 5) is 0. The second-order valence-corrected chi connectivity index (χ2v) is 14.0. The van der Waals surface area contributed by atoms with E-state index in [2.05, 4.69) is 169 Å². The topological polar surface area (TPSA) is 25.2 Å². The van der Waals surface area contributed by atoms with Crippen LogP contribution in [0.3, 0.4) is 0 Å². The summed E-state index contributed by atoms with van der Waals surface area (Å²) in [5.74, 6) is 1.52. The molecule has 3 aliphatic carbocycles. The largest absolute Gasteiger partial charge is 0.460 e. The maximum atomic E-state index is 6.26. The van der Waals surface area contributed by atoms with Gasteiger partial charge in [-0.15, -0.1) is 0 Å². The van der Waals surface area contributed by atoms with Crippen molar-refractivity contribution < 1.29 is 4.42 Å². The van der Waals surface area contributed by atoms with E-state index in [-0.39, 0.29) is 0 Å². The van der Waals surface area contributed by atoms with Crippen LogP contribution in [0.1, 0.15) is 47.6 Å². The molecule has 1 N–H and O–H groups in total. The number of aryl methyl sites for hydroxylation is 1. The second kappa shape index (κ2) is 12.3. The Labute approximate surface area is 299 Å². The van der Waals surface area contributed by atoms with Crippen molar-refractivity contribution in [2.45, 2.75) is 31.6 Å². The predicted molar refractivity (Wildman–Crippen MR) is 214 cm³/mol. The molecule has 10 rings (SSSR count). The van der Waals surface area contributed by atoms with Gasteiger partial charge in [-0.2, -0.15) is 0 Å². The van der Waals surface area contributed by atoms with Gasteiger partial charge in [0.25, 0.3) is 0 Å². The molecule has 0 fully saturated rings. The Hall–Kier alpha value is -6.12. The molecule has 0 aliphatic heterocycles. The van der Waals surface area contributed by atoms with E-state index in [0.29, 0.717) is 5.92 Å². The maximum Gasteiger partial charge on any atom is 0.134 e. The van der Waals surface area contributed by atoms with Crippen LogP contribution in [-0.2, 0) is 6.42 Å². The molecule has 1 atom stereocenters. The van der Waals surface area contributed by atoms with Crippen LogP contribution in [-0.4, -0.2) is 0 Å². The highest BCUT2D eigenvalue weighted by Crippen LogP contribution is 2.50. The molecule has 2 nitrogen and oxygen atoms in total. The Morgan fingerprint density at radius 1 is 0.588 bits per heavy atom. The number of benzene rings is 6. The lowest BCUT2D eigenvalue weighted by molar-refractivity contribution is 0.540. The fourth-order valence-corrected chi connectivity index (χ4v) is 8.38. The van der Waals surface area contributed by atoms with Gasteiger partial charge in [-0.25, -0.2) is 0 Å². The number of anilines is 2. The lowest BCUT2D eigenvalue weighted by atomic mass is 9.72. The highest BCUT2D eigenvalue weighted by atomic mass is 16.3. The van der Waals surface area contributed by atoms with Gasteiger partial charge in [-0.3, -0.25) is 0 Å². The van der Waals surface area contributed by atoms with Crippen LogP contribution in [0.5, 0.6) is 0 Å². The molecule has 244 valence electrons. The Bertz CT molecular complexity index is 2580. The van der Waals surface area contributed by atoms with Gasteiger partial charge in [-0.05, 0) is 117 Å². The average molecular weight is 656 g/mol. The van der Waals surface area contributed by atoms with E-state index in [0.717, 1.165) is 48.4 Å². The van der Waals surface area contributed by atoms with Gasteiger partial charge < -0.3 is 9.73 Å². The SMILES string of the molecule is C1=CCC2C(=C1)c1ccccc1-c1cc(-c3cccc(Nc4ccccc4-c4cccc(-c5ccc6oc7c(c6c5)C=CCCC7)c4)c3)ccc12. The molecule has 1 unspecified atom stereocenters. The third kappa shape index (κ3) is 5.27. The van der Waals surface area contributed by atoms with Crippen molar-refractivity contribution in [1.82, 2.24) is 0 Å². The van der Waals surface area contributed by atoms with E-state index < -0.39 is 0 Å². The van der Waals surface area contributed by atoms with E-state index in [1.807, 2.05) is 0 Å². The van der Waals surface area contributed by atoms with Gasteiger partial charge in [0, 0.05) is 40.2 Å². The third-order valence-corrected chi connectivity index (χ3v) is 10.9. The van der Waals surface area contributed by atoms with Gasteiger partial charge in [0.1, 0.15) is 11.3 Å². The Morgan fingerprint density at radius 3 is 2.29 bits per heavy atom. The Kier molecular flexibility index (Phi) is 7.20. The van der Waals surface area contributed by atoms with Crippen molar-refractivity contribution in [1.29, 1.82) is 0 Å². The number of fused-ring (bicyclic) bond motifs is 9. The minimum atomic E-state index is 0.414. The minimum absolute atomic E-state index is 0.414. The summed E-state index contributed by atoms with van der Waals surface area (Å²) >= 11 is 0. The molecule has 0 bridgehead atoms. The van der Waals surface area contributed by atoms with Crippen molar-refractivity contribution in [3.05, 3.63) is 180 Å². The van der Waals surface area contributed by atoms with Crippen molar-refractivity contribution >= 4 is 34.0 Å². The molecule has 0 radical (unpaired) electrons. The first kappa shape index (κ1) is 29.8. The smallest absolute Gasteiger partial charge is 0.134 e. The molecule has 1 aromatic heterocycles. The van der Waals surface area contributed by atoms with E-state index in [9.17, 15) is 0 Å². The molecule has 0 amide bonds. The molecule has 6 aromatic carbocycles. The molecule has 1 heterocycles. The molecule has 7 aromatic rings. The second-order valence-electron chi connectivity index (χ2n) is 14.0. The van der Waals surface area contributed by atoms with Gasteiger partial charge >= 0.3 is 0 Å². The summed E-state index contributed by atoms with van der Waals surface area (Å²) in [6.07, 6.45) is 15.6. The third-order valence-electron chi connectivity index (χ3n) is 10.9. The molecule has 0 saturated heterocycles. The number of allylic oxidation sites excluding steroid dienone is 5. The average Bonchev–Trinajstić information content (AvgIpc) is 3.37. The number of hydrogen-bond donors (Lipinski definition) is 1. The van der Waals surface area contributed by atoms with Crippen molar-refractivity contribution in [2.24, 2.45) is 0 Å². The van der Waals surface area contributed by atoms with Crippen LogP contribution in [0.2, 0.25) is 0 Å². The molecular formula is C49H37NO. The lowest BCUT2D eigenvalue weighted by Gasteiger charge is -2.32. The fourth-order valence-electron chi connectivity index (χ4n) is 8.38. The Morgan fingerprint density at radius 2 is 1.35 bits per heavy atom. The molecular weight excluding hydrogens is 619 g/mol. The van der Waals surface area contributed by atoms with Crippen molar-refractivity contribution in [2.75, 3.05) is 5.32 Å². The van der Waals surface area contributed by atoms with Gasteiger partial charge in [-0.1, -0.05) is 121 Å². The quantitative estimate of drug-likeness (QED) is 0.200. The van der Waals surface area contributed by atoms with E-state index in [1.165, 1.54) is 72.2 Å². The van der Waals surface area contributed by atoms with E-state index >= 15 is 0 Å². The van der Waals surface area contributed by atoms with Crippen molar-refractivity contribution in [3.63, 3.8) is 0 Å². The van der Waals surface area contributed by atoms with Crippen LogP contribution in [0, 0.1) is 0 Å². The zero-order valence-electron chi connectivity index (χ0n) is 28.4. The van der Waals surface area contributed by atoms with Crippen LogP contribution in [0.15, 0.2) is 162 Å². The highest BCUT2D eigenvalue weighted by Gasteiger charge is 2.29. The summed E-state index contributed by atoms with van der Waals surface area (Å²) in [6, 6.07) is 48.9. The highest BCUT2D eigenvalue weighted by molar-refractivity contribution is 5.95. The first-order chi connectivity index (χ1) is 25.3. The number of para-hydroxylation sites is 1. The standard InChI is InChI=1S/C49H37NO/c1-2-21-44-46-31-35(25-27-49(46)51-48(44)23-3-1)32-12-10-14-36(28-32)38-16-8-9-22-47(38)50-37-15-11-13-33(29-37)34-24-26-43-41-19-5-4-17-39(41)40-18-6-7-20-42(40)45(43)30-34/h2,4-18,20-22,24-31,41,50H,1,3,19,23H2. The Balaban J connectivity index is 0.968. The zero-order valence-corrected chi connectivity index (χ0v) is 28.4. The van der Waals surface area contributed by atoms with Crippen LogP contribution in [0.4, 0.5) is 11.4 Å². The zero-order chi connectivity index (χ0) is 33.7. The summed E-state index contributed by atoms with van der Waals surface area (Å²) in [5, 5.41) is 4.98. The maximum absolute atomic E-state index is 6.26. The van der Waals surface area contributed by atoms with Crippen LogP contribution >= 0.6 is 0 Å². The number of furan rings is 1. The summed E-state index contributed by atoms with van der Waals surface area (Å²) in [5.41, 5.74) is 18.4. The molecule has 0 spiro atoms. The lowest BCUT2D eigenvalue weighted by Crippen LogP contribution is -2.11. The van der Waals surface area contributed by atoms with Crippen LogP contribution in [0.25, 0.3) is 67.1 Å². The summed E-state index contributed by atoms with van der Waals surface area (Å²) in [7, 11) is 0. The monoisotopic (exact) mass is 655 g/mol. The normalized spacial score (nSPS) is 15.7. The minimum Gasteiger partial charge on any atom is -0.460 e. The van der Waals surface area contributed by atoms with Crippen molar-refractivity contribution in [3.8, 4) is 44.5 Å². The number of hydrogen-bond acceptors (Lipinski definition) is 2. The van der Waals surface area contributed by atoms with E-state index in [1.54, 1.807) is 0 Å². The predicted octanol–water partition coefficient (Wildman–Crippen LogP) is 13.6. The van der Waals surface area contributed by atoms with E-state index in [4.69, 9.17) is 4.42 Å². The number of rotatable bonds is 5. The fraction of sp³-hybridized carbons (Fsp3) is 0.102. The van der Waals surface area contributed by atoms with Gasteiger partial charge in [0.15, 0.2) is 0 Å². The van der Waals surface area contributed by atoms with Crippen LogP contribution < -0.4 is 5.32 Å². The first-order valence-corrected chi connectivity index (χ1v) is 18.2. The molecule has 2 heteroatoms. The molecule has 51 heavy (non-hydrogen) atoms.